The monoisotopic (exact) mass is 455 g/mol. The summed E-state index contributed by atoms with van der Waals surface area (Å²) in [6.07, 6.45) is 16.4. The van der Waals surface area contributed by atoms with Crippen molar-refractivity contribution in [1.82, 2.24) is 14.9 Å². The number of hydrogen-bond acceptors (Lipinski definition) is 8. The second-order valence-electron chi connectivity index (χ2n) is 8.62. The van der Waals surface area contributed by atoms with Crippen LogP contribution in [0.2, 0.25) is 0 Å². The molecule has 8 heteroatoms. The standard InChI is InChI=1S/C24H33N5O2S/c1-18(6-4-7-20-8-5-12-29(20)19(2)30-3)32-23-22(25)27-21(16-26-23)28-13-9-24(10-14-28)11-15-31-17-24/h4-7,12,16,19H,1,8-11,13-15,17H2,2-3H3,(H2,25,27)/b6-4-,20-7+. The maximum absolute atomic E-state index is 6.24. The minimum absolute atomic E-state index is 0.0106. The average molecular weight is 456 g/mol. The number of thioether (sulfide) groups is 1. The van der Waals surface area contributed by atoms with Gasteiger partial charge in [-0.3, -0.25) is 0 Å². The van der Waals surface area contributed by atoms with E-state index in [4.69, 9.17) is 15.2 Å². The summed E-state index contributed by atoms with van der Waals surface area (Å²) in [5.41, 5.74) is 7.80. The first-order valence-electron chi connectivity index (χ1n) is 11.2. The molecule has 3 aliphatic heterocycles. The van der Waals surface area contributed by atoms with Crippen molar-refractivity contribution in [3.05, 3.63) is 53.9 Å². The van der Waals surface area contributed by atoms with Gasteiger partial charge in [0.2, 0.25) is 0 Å². The highest BCUT2D eigenvalue weighted by atomic mass is 32.2. The Morgan fingerprint density at radius 1 is 1.38 bits per heavy atom. The van der Waals surface area contributed by atoms with Gasteiger partial charge in [0, 0.05) is 50.0 Å². The summed E-state index contributed by atoms with van der Waals surface area (Å²) in [4.78, 5) is 14.5. The van der Waals surface area contributed by atoms with E-state index in [0.29, 0.717) is 16.3 Å². The van der Waals surface area contributed by atoms with E-state index in [2.05, 4.69) is 44.7 Å². The highest BCUT2D eigenvalue weighted by Gasteiger charge is 2.38. The lowest BCUT2D eigenvalue weighted by atomic mass is 9.78. The molecular formula is C24H33N5O2S. The average Bonchev–Trinajstić information content (AvgIpc) is 3.45. The molecule has 0 saturated carbocycles. The van der Waals surface area contributed by atoms with Crippen LogP contribution in [0.4, 0.5) is 11.6 Å². The molecule has 7 nitrogen and oxygen atoms in total. The van der Waals surface area contributed by atoms with Crippen molar-refractivity contribution < 1.29 is 9.47 Å². The van der Waals surface area contributed by atoms with Crippen LogP contribution in [0.5, 0.6) is 0 Å². The molecule has 172 valence electrons. The van der Waals surface area contributed by atoms with Gasteiger partial charge in [0.15, 0.2) is 5.82 Å². The minimum atomic E-state index is 0.0106. The van der Waals surface area contributed by atoms with Crippen LogP contribution in [0, 0.1) is 5.41 Å². The van der Waals surface area contributed by atoms with E-state index in [0.717, 1.165) is 56.3 Å². The number of hydrogen-bond donors (Lipinski definition) is 1. The number of allylic oxidation sites excluding steroid dienone is 4. The Hall–Kier alpha value is -2.29. The van der Waals surface area contributed by atoms with Crippen LogP contribution in [0.3, 0.4) is 0 Å². The molecule has 3 aliphatic rings. The summed E-state index contributed by atoms with van der Waals surface area (Å²) in [7, 11) is 1.71. The largest absolute Gasteiger partial charge is 0.381 e. The van der Waals surface area contributed by atoms with E-state index >= 15 is 0 Å². The molecule has 0 aliphatic carbocycles. The zero-order valence-corrected chi connectivity index (χ0v) is 19.8. The van der Waals surface area contributed by atoms with E-state index in [1.165, 1.54) is 23.9 Å². The quantitative estimate of drug-likeness (QED) is 0.481. The third-order valence-corrected chi connectivity index (χ3v) is 7.45. The molecule has 2 fully saturated rings. The second-order valence-corrected chi connectivity index (χ2v) is 9.74. The van der Waals surface area contributed by atoms with Crippen LogP contribution >= 0.6 is 11.8 Å². The fourth-order valence-corrected chi connectivity index (χ4v) is 5.05. The fraction of sp³-hybridized carbons (Fsp3) is 0.500. The summed E-state index contributed by atoms with van der Waals surface area (Å²) in [6, 6.07) is 0. The van der Waals surface area contributed by atoms with Crippen LogP contribution < -0.4 is 10.6 Å². The van der Waals surface area contributed by atoms with E-state index in [1.54, 1.807) is 7.11 Å². The Morgan fingerprint density at radius 3 is 2.88 bits per heavy atom. The first-order chi connectivity index (χ1) is 15.5. The van der Waals surface area contributed by atoms with Gasteiger partial charge in [-0.05, 0) is 43.8 Å². The number of piperidine rings is 1. The lowest BCUT2D eigenvalue weighted by Crippen LogP contribution is -2.41. The normalized spacial score (nSPS) is 22.5. The maximum atomic E-state index is 6.24. The smallest absolute Gasteiger partial charge is 0.158 e. The number of nitrogen functional groups attached to an aromatic ring is 1. The Labute approximate surface area is 195 Å². The van der Waals surface area contributed by atoms with Gasteiger partial charge in [0.05, 0.1) is 12.8 Å². The zero-order valence-electron chi connectivity index (χ0n) is 19.0. The molecule has 1 spiro atoms. The van der Waals surface area contributed by atoms with E-state index < -0.39 is 0 Å². The highest BCUT2D eigenvalue weighted by Crippen LogP contribution is 2.40. The predicted octanol–water partition coefficient (Wildman–Crippen LogP) is 4.32. The SMILES string of the molecule is C=C(/C=C\C=C1/CC=CN1C(C)OC)Sc1ncc(N2CCC3(CCOC3)CC2)nc1N. The number of aromatic nitrogens is 2. The fourth-order valence-electron chi connectivity index (χ4n) is 4.40. The van der Waals surface area contributed by atoms with Gasteiger partial charge in [-0.1, -0.05) is 30.5 Å². The maximum Gasteiger partial charge on any atom is 0.158 e. The molecule has 1 atom stereocenters. The van der Waals surface area contributed by atoms with E-state index in [9.17, 15) is 0 Å². The van der Waals surface area contributed by atoms with E-state index in [1.807, 2.05) is 25.3 Å². The number of rotatable bonds is 7. The lowest BCUT2D eigenvalue weighted by molar-refractivity contribution is 0.0296. The molecule has 4 heterocycles. The second kappa shape index (κ2) is 10.1. The molecule has 0 bridgehead atoms. The van der Waals surface area contributed by atoms with Crippen molar-refractivity contribution >= 4 is 23.4 Å². The van der Waals surface area contributed by atoms with Crippen molar-refractivity contribution in [2.24, 2.45) is 5.41 Å². The number of nitrogens with zero attached hydrogens (tertiary/aromatic N) is 4. The molecule has 0 aromatic carbocycles. The molecule has 1 aromatic heterocycles. The summed E-state index contributed by atoms with van der Waals surface area (Å²) < 4.78 is 11.0. The first kappa shape index (κ1) is 22.9. The molecule has 0 radical (unpaired) electrons. The van der Waals surface area contributed by atoms with Gasteiger partial charge in [0.25, 0.3) is 0 Å². The molecule has 1 aromatic rings. The summed E-state index contributed by atoms with van der Waals surface area (Å²) in [6.45, 7) is 9.90. The Morgan fingerprint density at radius 2 is 2.19 bits per heavy atom. The van der Waals surface area contributed by atoms with Crippen molar-refractivity contribution in [3.63, 3.8) is 0 Å². The molecule has 32 heavy (non-hydrogen) atoms. The van der Waals surface area contributed by atoms with E-state index in [-0.39, 0.29) is 6.23 Å². The van der Waals surface area contributed by atoms with Gasteiger partial charge < -0.3 is 25.0 Å². The van der Waals surface area contributed by atoms with Gasteiger partial charge in [0.1, 0.15) is 17.1 Å². The molecule has 1 unspecified atom stereocenters. The Kier molecular flexibility index (Phi) is 7.23. The van der Waals surface area contributed by atoms with Crippen LogP contribution in [0.15, 0.2) is 58.9 Å². The highest BCUT2D eigenvalue weighted by molar-refractivity contribution is 8.03. The van der Waals surface area contributed by atoms with Gasteiger partial charge in [-0.15, -0.1) is 0 Å². The Bertz CT molecular complexity index is 913. The van der Waals surface area contributed by atoms with Crippen molar-refractivity contribution in [2.45, 2.75) is 43.9 Å². The minimum Gasteiger partial charge on any atom is -0.381 e. The first-order valence-corrected chi connectivity index (χ1v) is 12.0. The van der Waals surface area contributed by atoms with Gasteiger partial charge in [-0.25, -0.2) is 9.97 Å². The third kappa shape index (κ3) is 5.19. The number of methoxy groups -OCH3 is 1. The topological polar surface area (TPSA) is 76.7 Å². The van der Waals surface area contributed by atoms with Crippen LogP contribution in [0.1, 0.15) is 32.6 Å². The van der Waals surface area contributed by atoms with Crippen molar-refractivity contribution in [3.8, 4) is 0 Å². The number of nitrogens with two attached hydrogens (primary N) is 1. The van der Waals surface area contributed by atoms with Crippen LogP contribution in [-0.2, 0) is 9.47 Å². The molecular weight excluding hydrogens is 422 g/mol. The molecule has 4 rings (SSSR count). The van der Waals surface area contributed by atoms with Gasteiger partial charge >= 0.3 is 0 Å². The van der Waals surface area contributed by atoms with Crippen LogP contribution in [0.25, 0.3) is 0 Å². The predicted molar refractivity (Wildman–Crippen MR) is 130 cm³/mol. The number of anilines is 2. The van der Waals surface area contributed by atoms with Gasteiger partial charge in [-0.2, -0.15) is 0 Å². The van der Waals surface area contributed by atoms with Crippen molar-refractivity contribution in [1.29, 1.82) is 0 Å². The lowest BCUT2D eigenvalue weighted by Gasteiger charge is -2.38. The molecule has 0 amide bonds. The Balaban J connectivity index is 1.32. The van der Waals surface area contributed by atoms with Crippen molar-refractivity contribution in [2.75, 3.05) is 44.0 Å². The molecule has 2 saturated heterocycles. The number of ether oxygens (including phenoxy) is 2. The zero-order chi connectivity index (χ0) is 22.6. The summed E-state index contributed by atoms with van der Waals surface area (Å²) in [5, 5.41) is 0.686. The third-order valence-electron chi connectivity index (χ3n) is 6.54. The molecule has 2 N–H and O–H groups in total. The summed E-state index contributed by atoms with van der Waals surface area (Å²) in [5.74, 6) is 1.30. The van der Waals surface area contributed by atoms with Crippen LogP contribution in [-0.4, -0.2) is 54.5 Å². The summed E-state index contributed by atoms with van der Waals surface area (Å²) >= 11 is 1.44.